The number of aryl methyl sites for hydroxylation is 1. The lowest BCUT2D eigenvalue weighted by atomic mass is 10.1. The zero-order chi connectivity index (χ0) is 15.6. The highest BCUT2D eigenvalue weighted by molar-refractivity contribution is 9.10. The fourth-order valence-corrected chi connectivity index (χ4v) is 2.38. The monoisotopic (exact) mass is 368 g/mol. The smallest absolute Gasteiger partial charge is 0.294 e. The van der Waals surface area contributed by atoms with Crippen LogP contribution in [0.4, 0.5) is 11.4 Å². The third-order valence-corrected chi connectivity index (χ3v) is 4.13. The number of anilines is 1. The lowest BCUT2D eigenvalue weighted by Gasteiger charge is -2.09. The molecular formula is C14H10BrClN2O3. The van der Waals surface area contributed by atoms with Crippen molar-refractivity contribution < 1.29 is 9.72 Å². The molecule has 1 N–H and O–H groups in total. The van der Waals surface area contributed by atoms with E-state index >= 15 is 0 Å². The summed E-state index contributed by atoms with van der Waals surface area (Å²) in [5.74, 6) is -0.434. The van der Waals surface area contributed by atoms with E-state index in [-0.39, 0.29) is 16.4 Å². The molecule has 0 atom stereocenters. The molecule has 108 valence electrons. The Morgan fingerprint density at radius 2 is 2.05 bits per heavy atom. The van der Waals surface area contributed by atoms with Gasteiger partial charge in [0.25, 0.3) is 11.6 Å². The maximum atomic E-state index is 12.3. The highest BCUT2D eigenvalue weighted by Gasteiger charge is 2.18. The second-order valence-corrected chi connectivity index (χ2v) is 5.54. The number of amides is 1. The number of nitrogens with one attached hydrogen (secondary N) is 1. The Hall–Kier alpha value is -1.92. The van der Waals surface area contributed by atoms with E-state index in [1.54, 1.807) is 12.1 Å². The van der Waals surface area contributed by atoms with Crippen molar-refractivity contribution in [3.63, 3.8) is 0 Å². The van der Waals surface area contributed by atoms with E-state index in [0.29, 0.717) is 10.0 Å². The fraction of sp³-hybridized carbons (Fsp3) is 0.0714. The highest BCUT2D eigenvalue weighted by Crippen LogP contribution is 2.29. The summed E-state index contributed by atoms with van der Waals surface area (Å²) in [6.07, 6.45) is 0. The van der Waals surface area contributed by atoms with Gasteiger partial charge in [-0.3, -0.25) is 14.9 Å². The summed E-state index contributed by atoms with van der Waals surface area (Å²) in [4.78, 5) is 22.7. The molecule has 0 fully saturated rings. The summed E-state index contributed by atoms with van der Waals surface area (Å²) < 4.78 is 0.652. The van der Waals surface area contributed by atoms with E-state index in [4.69, 9.17) is 11.6 Å². The Morgan fingerprint density at radius 3 is 2.71 bits per heavy atom. The van der Waals surface area contributed by atoms with Crippen LogP contribution in [0.5, 0.6) is 0 Å². The molecule has 0 saturated carbocycles. The number of hydrogen-bond acceptors (Lipinski definition) is 3. The lowest BCUT2D eigenvalue weighted by molar-refractivity contribution is -0.383. The van der Waals surface area contributed by atoms with Crippen LogP contribution in [-0.2, 0) is 0 Å². The van der Waals surface area contributed by atoms with Crippen molar-refractivity contribution in [2.75, 3.05) is 5.32 Å². The fourth-order valence-electron chi connectivity index (χ4n) is 1.77. The van der Waals surface area contributed by atoms with Gasteiger partial charge in [0.05, 0.1) is 10.5 Å². The summed E-state index contributed by atoms with van der Waals surface area (Å²) >= 11 is 9.07. The largest absolute Gasteiger partial charge is 0.316 e. The van der Waals surface area contributed by atoms with Gasteiger partial charge in [-0.2, -0.15) is 0 Å². The van der Waals surface area contributed by atoms with E-state index in [1.165, 1.54) is 18.2 Å². The molecule has 0 aromatic heterocycles. The van der Waals surface area contributed by atoms with Crippen molar-refractivity contribution in [1.29, 1.82) is 0 Å². The molecule has 0 saturated heterocycles. The molecule has 7 heteroatoms. The first-order valence-electron chi connectivity index (χ1n) is 5.90. The molecule has 2 rings (SSSR count). The molecule has 0 bridgehead atoms. The van der Waals surface area contributed by atoms with Crippen LogP contribution >= 0.6 is 27.5 Å². The van der Waals surface area contributed by atoms with Crippen LogP contribution in [0.15, 0.2) is 40.9 Å². The molecule has 0 aliphatic carbocycles. The van der Waals surface area contributed by atoms with Crippen LogP contribution in [0.2, 0.25) is 5.02 Å². The van der Waals surface area contributed by atoms with Crippen molar-refractivity contribution in [3.05, 3.63) is 67.1 Å². The van der Waals surface area contributed by atoms with E-state index in [2.05, 4.69) is 21.2 Å². The van der Waals surface area contributed by atoms with Crippen molar-refractivity contribution in [3.8, 4) is 0 Å². The first kappa shape index (κ1) is 15.5. The van der Waals surface area contributed by atoms with Crippen molar-refractivity contribution in [1.82, 2.24) is 0 Å². The molecule has 1 amide bonds. The van der Waals surface area contributed by atoms with Crippen LogP contribution in [0.25, 0.3) is 0 Å². The number of nitro benzene ring substituents is 1. The third kappa shape index (κ3) is 3.40. The maximum Gasteiger partial charge on any atom is 0.294 e. The number of carbonyl (C=O) groups is 1. The molecule has 0 aliphatic rings. The van der Waals surface area contributed by atoms with Gasteiger partial charge in [-0.15, -0.1) is 0 Å². The molecule has 0 radical (unpaired) electrons. The zero-order valence-corrected chi connectivity index (χ0v) is 13.2. The van der Waals surface area contributed by atoms with Crippen LogP contribution < -0.4 is 5.32 Å². The van der Waals surface area contributed by atoms with Gasteiger partial charge in [0.15, 0.2) is 0 Å². The molecule has 0 heterocycles. The topological polar surface area (TPSA) is 72.2 Å². The second-order valence-electron chi connectivity index (χ2n) is 4.31. The third-order valence-electron chi connectivity index (χ3n) is 2.84. The zero-order valence-electron chi connectivity index (χ0n) is 10.9. The first-order chi connectivity index (χ1) is 9.90. The van der Waals surface area contributed by atoms with Gasteiger partial charge >= 0.3 is 0 Å². The number of carbonyl (C=O) groups excluding carboxylic acids is 1. The molecule has 2 aromatic rings. The van der Waals surface area contributed by atoms with Crippen LogP contribution in [0, 0.1) is 17.0 Å². The predicted octanol–water partition coefficient (Wildman–Crippen LogP) is 4.57. The molecule has 0 aliphatic heterocycles. The summed E-state index contributed by atoms with van der Waals surface area (Å²) in [5.41, 5.74) is 1.15. The Balaban J connectivity index is 2.36. The van der Waals surface area contributed by atoms with Crippen molar-refractivity contribution >= 4 is 44.8 Å². The minimum atomic E-state index is -0.590. The van der Waals surface area contributed by atoms with Crippen LogP contribution in [0.3, 0.4) is 0 Å². The van der Waals surface area contributed by atoms with Crippen molar-refractivity contribution in [2.24, 2.45) is 0 Å². The van der Waals surface area contributed by atoms with Gasteiger partial charge in [-0.05, 0) is 46.6 Å². The Morgan fingerprint density at radius 1 is 1.33 bits per heavy atom. The first-order valence-corrected chi connectivity index (χ1v) is 7.07. The average molecular weight is 370 g/mol. The molecule has 0 spiro atoms. The predicted molar refractivity (Wildman–Crippen MR) is 84.9 cm³/mol. The number of nitro groups is 1. The van der Waals surface area contributed by atoms with E-state index in [9.17, 15) is 14.9 Å². The number of hydrogen-bond donors (Lipinski definition) is 1. The average Bonchev–Trinajstić information content (AvgIpc) is 2.43. The molecular weight excluding hydrogens is 360 g/mol. The van der Waals surface area contributed by atoms with Crippen molar-refractivity contribution in [2.45, 2.75) is 6.92 Å². The van der Waals surface area contributed by atoms with E-state index in [1.807, 2.05) is 13.0 Å². The summed E-state index contributed by atoms with van der Waals surface area (Å²) in [5, 5.41) is 13.8. The number of halogens is 2. The summed E-state index contributed by atoms with van der Waals surface area (Å²) in [6, 6.07) is 9.31. The van der Waals surface area contributed by atoms with Gasteiger partial charge in [0.2, 0.25) is 0 Å². The van der Waals surface area contributed by atoms with Crippen LogP contribution in [-0.4, -0.2) is 10.8 Å². The molecule has 2 aromatic carbocycles. The highest BCUT2D eigenvalue weighted by atomic mass is 79.9. The van der Waals surface area contributed by atoms with E-state index in [0.717, 1.165) is 5.56 Å². The SMILES string of the molecule is Cc1cccc(C(=O)Nc2ccc(Cl)cc2[N+](=O)[O-])c1Br. The quantitative estimate of drug-likeness (QED) is 0.636. The number of nitrogens with zero attached hydrogens (tertiary/aromatic N) is 1. The summed E-state index contributed by atoms with van der Waals surface area (Å²) in [6.45, 7) is 1.85. The molecule has 5 nitrogen and oxygen atoms in total. The van der Waals surface area contributed by atoms with Gasteiger partial charge in [0.1, 0.15) is 5.69 Å². The van der Waals surface area contributed by atoms with Gasteiger partial charge in [-0.25, -0.2) is 0 Å². The Kier molecular flexibility index (Phi) is 4.59. The maximum absolute atomic E-state index is 12.3. The molecule has 0 unspecified atom stereocenters. The lowest BCUT2D eigenvalue weighted by Crippen LogP contribution is -2.14. The van der Waals surface area contributed by atoms with E-state index < -0.39 is 10.8 Å². The minimum Gasteiger partial charge on any atom is -0.316 e. The van der Waals surface area contributed by atoms with Gasteiger partial charge < -0.3 is 5.32 Å². The normalized spacial score (nSPS) is 10.2. The molecule has 21 heavy (non-hydrogen) atoms. The number of benzene rings is 2. The van der Waals surface area contributed by atoms with Gasteiger partial charge in [-0.1, -0.05) is 23.7 Å². The Labute approximate surface area is 134 Å². The van der Waals surface area contributed by atoms with Gasteiger partial charge in [0, 0.05) is 15.6 Å². The second kappa shape index (κ2) is 6.24. The van der Waals surface area contributed by atoms with Crippen LogP contribution in [0.1, 0.15) is 15.9 Å². The summed E-state index contributed by atoms with van der Waals surface area (Å²) in [7, 11) is 0. The number of rotatable bonds is 3. The minimum absolute atomic E-state index is 0.0998. The Bertz CT molecular complexity index is 734. The standard InChI is InChI=1S/C14H10BrClN2O3/c1-8-3-2-4-10(13(8)15)14(19)17-11-6-5-9(16)7-12(11)18(20)21/h2-7H,1H3,(H,17,19).